The molecule has 72 valence electrons. The molecule has 0 unspecified atom stereocenters. The van der Waals surface area contributed by atoms with Gasteiger partial charge in [-0.1, -0.05) is 36.9 Å². The van der Waals surface area contributed by atoms with Gasteiger partial charge in [0.1, 0.15) is 0 Å². The van der Waals surface area contributed by atoms with Crippen molar-refractivity contribution in [2.75, 3.05) is 11.1 Å². The molecule has 1 rings (SSSR count). The van der Waals surface area contributed by atoms with Crippen LogP contribution in [0.5, 0.6) is 0 Å². The van der Waals surface area contributed by atoms with Crippen LogP contribution in [0, 0.1) is 11.2 Å². The van der Waals surface area contributed by atoms with Gasteiger partial charge in [-0.15, -0.1) is 0 Å². The van der Waals surface area contributed by atoms with Crippen molar-refractivity contribution >= 4 is 23.4 Å². The van der Waals surface area contributed by atoms with E-state index >= 15 is 0 Å². The molecular formula is C11H11NOS. The second kappa shape index (κ2) is 6.11. The molecule has 1 aromatic carbocycles. The van der Waals surface area contributed by atoms with Crippen LogP contribution in [0.3, 0.4) is 0 Å². The number of thioether (sulfide) groups is 1. The Bertz CT molecular complexity index is 351. The zero-order chi connectivity index (χ0) is 10.2. The van der Waals surface area contributed by atoms with E-state index in [2.05, 4.69) is 16.5 Å². The Hall–Kier alpha value is -1.40. The van der Waals surface area contributed by atoms with Gasteiger partial charge in [-0.05, 0) is 17.4 Å². The molecule has 14 heavy (non-hydrogen) atoms. The Morgan fingerprint density at radius 3 is 2.79 bits per heavy atom. The van der Waals surface area contributed by atoms with E-state index in [0.717, 1.165) is 11.4 Å². The number of hydrogen-bond acceptors (Lipinski definition) is 2. The third kappa shape index (κ3) is 4.01. The summed E-state index contributed by atoms with van der Waals surface area (Å²) >= 11 is 1.43. The summed E-state index contributed by atoms with van der Waals surface area (Å²) in [6.07, 6.45) is 0. The van der Waals surface area contributed by atoms with Crippen LogP contribution in [0.4, 0.5) is 5.69 Å². The Kier molecular flexibility index (Phi) is 4.66. The molecule has 1 amide bonds. The van der Waals surface area contributed by atoms with Crippen LogP contribution < -0.4 is 5.32 Å². The molecular weight excluding hydrogens is 194 g/mol. The number of benzene rings is 1. The van der Waals surface area contributed by atoms with Gasteiger partial charge < -0.3 is 5.32 Å². The van der Waals surface area contributed by atoms with E-state index in [4.69, 9.17) is 0 Å². The number of nitrogens with one attached hydrogen (secondary N) is 1. The summed E-state index contributed by atoms with van der Waals surface area (Å²) in [6.45, 7) is 1.99. The second-order valence-corrected chi connectivity index (χ2v) is 3.55. The molecule has 0 aliphatic carbocycles. The van der Waals surface area contributed by atoms with Crippen LogP contribution in [0.15, 0.2) is 30.3 Å². The molecule has 0 saturated heterocycles. The van der Waals surface area contributed by atoms with Gasteiger partial charge >= 0.3 is 5.91 Å². The Morgan fingerprint density at radius 1 is 1.43 bits per heavy atom. The summed E-state index contributed by atoms with van der Waals surface area (Å²) in [4.78, 5) is 11.2. The third-order valence-electron chi connectivity index (χ3n) is 1.41. The number of rotatable bonds is 2. The van der Waals surface area contributed by atoms with Gasteiger partial charge in [0.05, 0.1) is 0 Å². The highest BCUT2D eigenvalue weighted by molar-refractivity contribution is 8.03. The van der Waals surface area contributed by atoms with Crippen LogP contribution in [0.25, 0.3) is 0 Å². The lowest BCUT2D eigenvalue weighted by Crippen LogP contribution is -2.07. The summed E-state index contributed by atoms with van der Waals surface area (Å²) in [6, 6.07) is 9.28. The number of anilines is 1. The van der Waals surface area contributed by atoms with Crippen molar-refractivity contribution in [1.29, 1.82) is 0 Å². The van der Waals surface area contributed by atoms with E-state index in [1.807, 2.05) is 37.3 Å². The topological polar surface area (TPSA) is 29.1 Å². The normalized spacial score (nSPS) is 8.64. The first kappa shape index (κ1) is 10.7. The number of carbonyl (C=O) groups excluding carboxylic acids is 1. The summed E-state index contributed by atoms with van der Waals surface area (Å²) in [7, 11) is 0. The van der Waals surface area contributed by atoms with Crippen molar-refractivity contribution in [1.82, 2.24) is 0 Å². The number of para-hydroxylation sites is 1. The molecule has 0 aliphatic rings. The molecule has 0 bridgehead atoms. The molecule has 2 nitrogen and oxygen atoms in total. The van der Waals surface area contributed by atoms with E-state index in [1.54, 1.807) is 0 Å². The molecule has 0 atom stereocenters. The third-order valence-corrected chi connectivity index (χ3v) is 1.95. The minimum atomic E-state index is -0.267. The molecule has 0 spiro atoms. The maximum Gasteiger partial charge on any atom is 0.301 e. The van der Waals surface area contributed by atoms with E-state index in [9.17, 15) is 4.79 Å². The molecule has 0 aromatic heterocycles. The summed E-state index contributed by atoms with van der Waals surface area (Å²) in [5.74, 6) is 3.12. The Morgan fingerprint density at radius 2 is 2.14 bits per heavy atom. The van der Waals surface area contributed by atoms with Gasteiger partial charge in [0, 0.05) is 17.4 Å². The van der Waals surface area contributed by atoms with E-state index in [-0.39, 0.29) is 5.91 Å². The predicted octanol–water partition coefficient (Wildman–Crippen LogP) is 2.34. The molecule has 0 aliphatic heterocycles. The van der Waals surface area contributed by atoms with Crippen molar-refractivity contribution in [2.24, 2.45) is 0 Å². The zero-order valence-electron chi connectivity index (χ0n) is 7.91. The quantitative estimate of drug-likeness (QED) is 0.751. The molecule has 0 saturated carbocycles. The van der Waals surface area contributed by atoms with Gasteiger partial charge in [-0.3, -0.25) is 4.79 Å². The highest BCUT2D eigenvalue weighted by atomic mass is 32.2. The number of carbonyl (C=O) groups is 1. The van der Waals surface area contributed by atoms with Crippen molar-refractivity contribution in [3.63, 3.8) is 0 Å². The first-order valence-corrected chi connectivity index (χ1v) is 5.30. The molecule has 3 heteroatoms. The fraction of sp³-hybridized carbons (Fsp3) is 0.182. The SMILES string of the molecule is CCSC#CC(=O)Nc1ccccc1. The predicted molar refractivity (Wildman–Crippen MR) is 61.0 cm³/mol. The lowest BCUT2D eigenvalue weighted by Gasteiger charge is -1.98. The Labute approximate surface area is 88.1 Å². The molecule has 0 radical (unpaired) electrons. The number of amides is 1. The fourth-order valence-corrected chi connectivity index (χ4v) is 1.15. The van der Waals surface area contributed by atoms with Gasteiger partial charge in [0.25, 0.3) is 0 Å². The standard InChI is InChI=1S/C11H11NOS/c1-2-14-9-8-11(13)12-10-6-4-3-5-7-10/h3-7H,2H2,1H3,(H,12,13). The second-order valence-electron chi connectivity index (χ2n) is 2.48. The zero-order valence-corrected chi connectivity index (χ0v) is 8.73. The number of hydrogen-bond donors (Lipinski definition) is 1. The van der Waals surface area contributed by atoms with Crippen molar-refractivity contribution < 1.29 is 4.79 Å². The minimum absolute atomic E-state index is 0.267. The van der Waals surface area contributed by atoms with Gasteiger partial charge in [0.15, 0.2) is 0 Å². The van der Waals surface area contributed by atoms with Gasteiger partial charge in [0.2, 0.25) is 0 Å². The fourth-order valence-electron chi connectivity index (χ4n) is 0.838. The maximum atomic E-state index is 11.2. The van der Waals surface area contributed by atoms with Crippen LogP contribution in [-0.4, -0.2) is 11.7 Å². The van der Waals surface area contributed by atoms with Crippen LogP contribution in [0.1, 0.15) is 6.92 Å². The van der Waals surface area contributed by atoms with Crippen molar-refractivity contribution in [3.8, 4) is 11.2 Å². The van der Waals surface area contributed by atoms with Crippen LogP contribution in [-0.2, 0) is 4.79 Å². The average molecular weight is 205 g/mol. The molecule has 1 aromatic rings. The van der Waals surface area contributed by atoms with Crippen LogP contribution in [0.2, 0.25) is 0 Å². The smallest absolute Gasteiger partial charge is 0.301 e. The van der Waals surface area contributed by atoms with Crippen LogP contribution >= 0.6 is 11.8 Å². The van der Waals surface area contributed by atoms with E-state index in [0.29, 0.717) is 0 Å². The summed E-state index contributed by atoms with van der Waals surface area (Å²) in [5.41, 5.74) is 0.772. The first-order chi connectivity index (χ1) is 6.83. The molecule has 1 N–H and O–H groups in total. The largest absolute Gasteiger partial charge is 0.315 e. The average Bonchev–Trinajstić information content (AvgIpc) is 2.20. The minimum Gasteiger partial charge on any atom is -0.315 e. The van der Waals surface area contributed by atoms with Crippen molar-refractivity contribution in [3.05, 3.63) is 30.3 Å². The monoisotopic (exact) mass is 205 g/mol. The highest BCUT2D eigenvalue weighted by Crippen LogP contribution is 2.04. The lowest BCUT2D eigenvalue weighted by molar-refractivity contribution is -0.111. The van der Waals surface area contributed by atoms with Gasteiger partial charge in [-0.25, -0.2) is 0 Å². The van der Waals surface area contributed by atoms with E-state index < -0.39 is 0 Å². The summed E-state index contributed by atoms with van der Waals surface area (Å²) < 4.78 is 0. The summed E-state index contributed by atoms with van der Waals surface area (Å²) in [5, 5.41) is 5.38. The maximum absolute atomic E-state index is 11.2. The first-order valence-electron chi connectivity index (χ1n) is 4.31. The molecule has 0 heterocycles. The van der Waals surface area contributed by atoms with Crippen molar-refractivity contribution in [2.45, 2.75) is 6.92 Å². The lowest BCUT2D eigenvalue weighted by atomic mass is 10.3. The highest BCUT2D eigenvalue weighted by Gasteiger charge is 1.94. The molecule has 0 fully saturated rings. The Balaban J connectivity index is 2.47. The van der Waals surface area contributed by atoms with Gasteiger partial charge in [-0.2, -0.15) is 0 Å². The van der Waals surface area contributed by atoms with E-state index in [1.165, 1.54) is 11.8 Å².